The second-order valence-corrected chi connectivity index (χ2v) is 5.70. The number of pyridine rings is 1. The molecule has 0 saturated heterocycles. The van der Waals surface area contributed by atoms with E-state index in [1.54, 1.807) is 12.3 Å². The number of nitrogens with zero attached hydrogens (tertiary/aromatic N) is 3. The fourth-order valence-electron chi connectivity index (χ4n) is 2.17. The highest BCUT2D eigenvalue weighted by molar-refractivity contribution is 9.10. The summed E-state index contributed by atoms with van der Waals surface area (Å²) in [5, 5.41) is 0.247. The molecule has 21 heavy (non-hydrogen) atoms. The number of aromatic nitrogens is 3. The van der Waals surface area contributed by atoms with Crippen molar-refractivity contribution in [2.75, 3.05) is 0 Å². The van der Waals surface area contributed by atoms with Crippen molar-refractivity contribution in [1.29, 1.82) is 0 Å². The standard InChI is InChI=1S/C15H11BrFN3O/c1-9-2-3-18-11(4-9)7-20-8-19-14-12(15(20)21)5-10(16)6-13(14)17/h2-6,8H,7H2,1H3. The third-order valence-electron chi connectivity index (χ3n) is 3.15. The molecule has 0 fully saturated rings. The van der Waals surface area contributed by atoms with Crippen LogP contribution < -0.4 is 5.56 Å². The molecule has 0 N–H and O–H groups in total. The van der Waals surface area contributed by atoms with Gasteiger partial charge < -0.3 is 0 Å². The van der Waals surface area contributed by atoms with Crippen LogP contribution in [0, 0.1) is 12.7 Å². The quantitative estimate of drug-likeness (QED) is 0.715. The van der Waals surface area contributed by atoms with Crippen molar-refractivity contribution in [3.8, 4) is 0 Å². The molecule has 0 radical (unpaired) electrons. The molecular weight excluding hydrogens is 337 g/mol. The molecule has 106 valence electrons. The summed E-state index contributed by atoms with van der Waals surface area (Å²) in [6, 6.07) is 6.66. The van der Waals surface area contributed by atoms with Gasteiger partial charge in [0.15, 0.2) is 5.82 Å². The minimum Gasteiger partial charge on any atom is -0.293 e. The van der Waals surface area contributed by atoms with Crippen LogP contribution in [0.4, 0.5) is 4.39 Å². The van der Waals surface area contributed by atoms with Crippen molar-refractivity contribution >= 4 is 26.8 Å². The molecule has 0 saturated carbocycles. The lowest BCUT2D eigenvalue weighted by molar-refractivity contribution is 0.633. The SMILES string of the molecule is Cc1ccnc(Cn2cnc3c(F)cc(Br)cc3c2=O)c1. The lowest BCUT2D eigenvalue weighted by Gasteiger charge is -2.07. The van der Waals surface area contributed by atoms with Gasteiger partial charge in [-0.2, -0.15) is 0 Å². The molecule has 0 aliphatic rings. The van der Waals surface area contributed by atoms with Gasteiger partial charge in [-0.25, -0.2) is 9.37 Å². The van der Waals surface area contributed by atoms with Gasteiger partial charge in [-0.05, 0) is 36.8 Å². The first kappa shape index (κ1) is 13.9. The lowest BCUT2D eigenvalue weighted by atomic mass is 10.2. The summed E-state index contributed by atoms with van der Waals surface area (Å²) in [6.07, 6.45) is 3.05. The zero-order chi connectivity index (χ0) is 15.0. The average molecular weight is 348 g/mol. The molecule has 0 bridgehead atoms. The molecule has 0 atom stereocenters. The van der Waals surface area contributed by atoms with Crippen LogP contribution in [0.3, 0.4) is 0 Å². The first-order chi connectivity index (χ1) is 10.0. The third-order valence-corrected chi connectivity index (χ3v) is 3.61. The fraction of sp³-hybridized carbons (Fsp3) is 0.133. The van der Waals surface area contributed by atoms with E-state index < -0.39 is 5.82 Å². The number of halogens is 2. The Bertz CT molecular complexity index is 892. The van der Waals surface area contributed by atoms with E-state index in [1.807, 2.05) is 19.1 Å². The Hall–Kier alpha value is -2.08. The van der Waals surface area contributed by atoms with Gasteiger partial charge in [0.1, 0.15) is 5.52 Å². The van der Waals surface area contributed by atoms with Gasteiger partial charge >= 0.3 is 0 Å². The maximum absolute atomic E-state index is 13.8. The van der Waals surface area contributed by atoms with Crippen molar-refractivity contribution in [3.05, 3.63) is 68.7 Å². The third kappa shape index (κ3) is 2.71. The Morgan fingerprint density at radius 1 is 1.29 bits per heavy atom. The molecule has 3 rings (SSSR count). The number of hydrogen-bond acceptors (Lipinski definition) is 3. The van der Waals surface area contributed by atoms with Crippen LogP contribution in [0.2, 0.25) is 0 Å². The van der Waals surface area contributed by atoms with Gasteiger partial charge in [-0.15, -0.1) is 0 Å². The topological polar surface area (TPSA) is 47.8 Å². The smallest absolute Gasteiger partial charge is 0.261 e. The Labute approximate surface area is 128 Å². The van der Waals surface area contributed by atoms with Gasteiger partial charge in [0.25, 0.3) is 5.56 Å². The number of fused-ring (bicyclic) bond motifs is 1. The molecule has 4 nitrogen and oxygen atoms in total. The van der Waals surface area contributed by atoms with Gasteiger partial charge in [-0.1, -0.05) is 15.9 Å². The summed E-state index contributed by atoms with van der Waals surface area (Å²) in [6.45, 7) is 2.26. The fourth-order valence-corrected chi connectivity index (χ4v) is 2.60. The number of benzene rings is 1. The van der Waals surface area contributed by atoms with E-state index in [1.165, 1.54) is 17.0 Å². The lowest BCUT2D eigenvalue weighted by Crippen LogP contribution is -2.22. The normalized spacial score (nSPS) is 11.0. The van der Waals surface area contributed by atoms with Gasteiger partial charge in [0, 0.05) is 10.7 Å². The first-order valence-electron chi connectivity index (χ1n) is 6.30. The van der Waals surface area contributed by atoms with Crippen molar-refractivity contribution < 1.29 is 4.39 Å². The number of hydrogen-bond donors (Lipinski definition) is 0. The van der Waals surface area contributed by atoms with E-state index in [4.69, 9.17) is 0 Å². The van der Waals surface area contributed by atoms with E-state index in [2.05, 4.69) is 25.9 Å². The zero-order valence-electron chi connectivity index (χ0n) is 11.2. The summed E-state index contributed by atoms with van der Waals surface area (Å²) >= 11 is 3.19. The highest BCUT2D eigenvalue weighted by atomic mass is 79.9. The predicted molar refractivity (Wildman–Crippen MR) is 81.7 cm³/mol. The highest BCUT2D eigenvalue weighted by Crippen LogP contribution is 2.19. The number of rotatable bonds is 2. The van der Waals surface area contributed by atoms with Crippen LogP contribution in [-0.4, -0.2) is 14.5 Å². The predicted octanol–water partition coefficient (Wildman–Crippen LogP) is 3.05. The molecule has 2 heterocycles. The molecule has 1 aromatic carbocycles. The first-order valence-corrected chi connectivity index (χ1v) is 7.09. The Morgan fingerprint density at radius 3 is 2.86 bits per heavy atom. The molecule has 0 unspecified atom stereocenters. The molecule has 2 aromatic heterocycles. The second-order valence-electron chi connectivity index (χ2n) is 4.79. The largest absolute Gasteiger partial charge is 0.293 e. The minimum atomic E-state index is -0.516. The van der Waals surface area contributed by atoms with E-state index in [-0.39, 0.29) is 16.5 Å². The molecule has 0 amide bonds. The summed E-state index contributed by atoms with van der Waals surface area (Å²) in [5.41, 5.74) is 1.62. The van der Waals surface area contributed by atoms with Crippen molar-refractivity contribution in [3.63, 3.8) is 0 Å². The molecular formula is C15H11BrFN3O. The monoisotopic (exact) mass is 347 g/mol. The maximum atomic E-state index is 13.8. The maximum Gasteiger partial charge on any atom is 0.261 e. The van der Waals surface area contributed by atoms with Gasteiger partial charge in [0.05, 0.1) is 24.0 Å². The van der Waals surface area contributed by atoms with Gasteiger partial charge in [0.2, 0.25) is 0 Å². The number of aryl methyl sites for hydroxylation is 1. The summed E-state index contributed by atoms with van der Waals surface area (Å²) in [5.74, 6) is -0.516. The van der Waals surface area contributed by atoms with Crippen LogP contribution >= 0.6 is 15.9 Å². The minimum absolute atomic E-state index is 0.0802. The van der Waals surface area contributed by atoms with E-state index in [9.17, 15) is 9.18 Å². The van der Waals surface area contributed by atoms with Crippen LogP contribution in [-0.2, 0) is 6.54 Å². The molecule has 6 heteroatoms. The van der Waals surface area contributed by atoms with E-state index in [0.717, 1.165) is 11.3 Å². The Balaban J connectivity index is 2.12. The molecule has 0 aliphatic carbocycles. The molecule has 0 aliphatic heterocycles. The summed E-state index contributed by atoms with van der Waals surface area (Å²) in [7, 11) is 0. The van der Waals surface area contributed by atoms with Crippen molar-refractivity contribution in [2.24, 2.45) is 0 Å². The van der Waals surface area contributed by atoms with E-state index in [0.29, 0.717) is 11.0 Å². The Kier molecular flexibility index (Phi) is 3.55. The van der Waals surface area contributed by atoms with Crippen LogP contribution in [0.1, 0.15) is 11.3 Å². The van der Waals surface area contributed by atoms with Crippen LogP contribution in [0.15, 0.2) is 46.1 Å². The van der Waals surface area contributed by atoms with E-state index >= 15 is 0 Å². The Morgan fingerprint density at radius 2 is 2.10 bits per heavy atom. The summed E-state index contributed by atoms with van der Waals surface area (Å²) in [4.78, 5) is 20.7. The molecule has 3 aromatic rings. The van der Waals surface area contributed by atoms with Gasteiger partial charge in [-0.3, -0.25) is 14.3 Å². The van der Waals surface area contributed by atoms with Crippen molar-refractivity contribution in [2.45, 2.75) is 13.5 Å². The summed E-state index contributed by atoms with van der Waals surface area (Å²) < 4.78 is 15.7. The molecule has 0 spiro atoms. The highest BCUT2D eigenvalue weighted by Gasteiger charge is 2.10. The van der Waals surface area contributed by atoms with Crippen LogP contribution in [0.25, 0.3) is 10.9 Å². The van der Waals surface area contributed by atoms with Crippen molar-refractivity contribution in [1.82, 2.24) is 14.5 Å². The second kappa shape index (κ2) is 5.37. The zero-order valence-corrected chi connectivity index (χ0v) is 12.8. The van der Waals surface area contributed by atoms with Crippen LogP contribution in [0.5, 0.6) is 0 Å². The average Bonchev–Trinajstić information content (AvgIpc) is 2.42.